The molecule has 1 fully saturated rings. The first-order valence-electron chi connectivity index (χ1n) is 5.33. The smallest absolute Gasteiger partial charge is 0.144 e. The van der Waals surface area contributed by atoms with Gasteiger partial charge < -0.3 is 5.11 Å². The van der Waals surface area contributed by atoms with Crippen LogP contribution in [0.15, 0.2) is 0 Å². The second kappa shape index (κ2) is 3.41. The van der Waals surface area contributed by atoms with Gasteiger partial charge in [-0.1, -0.05) is 13.8 Å². The van der Waals surface area contributed by atoms with Crippen molar-refractivity contribution < 1.29 is 14.7 Å². The SMILES string of the molecule is CC(=O)C1C(=O)CC(C)(C)C1C(C)(C)O. The second-order valence-electron chi connectivity index (χ2n) is 5.85. The van der Waals surface area contributed by atoms with Crippen molar-refractivity contribution in [2.45, 2.75) is 46.6 Å². The van der Waals surface area contributed by atoms with Gasteiger partial charge in [0.05, 0.1) is 11.5 Å². The van der Waals surface area contributed by atoms with Crippen LogP contribution >= 0.6 is 0 Å². The minimum absolute atomic E-state index is 0.0281. The van der Waals surface area contributed by atoms with Gasteiger partial charge in [0.1, 0.15) is 11.6 Å². The average molecular weight is 212 g/mol. The van der Waals surface area contributed by atoms with Gasteiger partial charge in [-0.15, -0.1) is 0 Å². The summed E-state index contributed by atoms with van der Waals surface area (Å²) in [5, 5.41) is 10.1. The molecule has 0 radical (unpaired) electrons. The maximum Gasteiger partial charge on any atom is 0.144 e. The van der Waals surface area contributed by atoms with E-state index in [0.717, 1.165) is 0 Å². The first kappa shape index (κ1) is 12.4. The highest BCUT2D eigenvalue weighted by atomic mass is 16.3. The van der Waals surface area contributed by atoms with Crippen LogP contribution in [0.25, 0.3) is 0 Å². The lowest BCUT2D eigenvalue weighted by Crippen LogP contribution is -2.43. The molecular weight excluding hydrogens is 192 g/mol. The van der Waals surface area contributed by atoms with Gasteiger partial charge in [0, 0.05) is 12.3 Å². The van der Waals surface area contributed by atoms with E-state index in [9.17, 15) is 14.7 Å². The molecule has 0 aromatic carbocycles. The molecule has 0 amide bonds. The van der Waals surface area contributed by atoms with Crippen molar-refractivity contribution in [1.29, 1.82) is 0 Å². The summed E-state index contributed by atoms with van der Waals surface area (Å²) in [6.45, 7) is 8.66. The summed E-state index contributed by atoms with van der Waals surface area (Å²) in [6.07, 6.45) is 0.381. The summed E-state index contributed by atoms with van der Waals surface area (Å²) in [4.78, 5) is 23.2. The summed E-state index contributed by atoms with van der Waals surface area (Å²) in [5.74, 6) is -1.06. The number of ketones is 2. The van der Waals surface area contributed by atoms with E-state index in [4.69, 9.17) is 0 Å². The van der Waals surface area contributed by atoms with Gasteiger partial charge in [-0.05, 0) is 26.2 Å². The lowest BCUT2D eigenvalue weighted by molar-refractivity contribution is -0.135. The maximum absolute atomic E-state index is 11.8. The van der Waals surface area contributed by atoms with E-state index < -0.39 is 11.5 Å². The van der Waals surface area contributed by atoms with Crippen LogP contribution in [0.2, 0.25) is 0 Å². The predicted octanol–water partition coefficient (Wildman–Crippen LogP) is 1.58. The molecule has 3 heteroatoms. The minimum Gasteiger partial charge on any atom is -0.390 e. The summed E-state index contributed by atoms with van der Waals surface area (Å²) in [6, 6.07) is 0. The predicted molar refractivity (Wildman–Crippen MR) is 57.4 cm³/mol. The molecule has 0 aliphatic heterocycles. The monoisotopic (exact) mass is 212 g/mol. The lowest BCUT2D eigenvalue weighted by atomic mass is 9.69. The van der Waals surface area contributed by atoms with Crippen molar-refractivity contribution in [3.63, 3.8) is 0 Å². The van der Waals surface area contributed by atoms with Gasteiger partial charge in [0.25, 0.3) is 0 Å². The van der Waals surface area contributed by atoms with E-state index in [1.807, 2.05) is 13.8 Å². The van der Waals surface area contributed by atoms with Crippen LogP contribution in [-0.2, 0) is 9.59 Å². The number of hydrogen-bond acceptors (Lipinski definition) is 3. The topological polar surface area (TPSA) is 54.4 Å². The van der Waals surface area contributed by atoms with Gasteiger partial charge in [0.2, 0.25) is 0 Å². The van der Waals surface area contributed by atoms with Gasteiger partial charge in [-0.3, -0.25) is 9.59 Å². The molecular formula is C12H20O3. The molecule has 1 N–H and O–H groups in total. The second-order valence-corrected chi connectivity index (χ2v) is 5.85. The molecule has 0 aromatic heterocycles. The quantitative estimate of drug-likeness (QED) is 0.707. The van der Waals surface area contributed by atoms with Crippen molar-refractivity contribution in [2.24, 2.45) is 17.3 Å². The fraction of sp³-hybridized carbons (Fsp3) is 0.833. The Kier molecular flexibility index (Phi) is 2.81. The number of hydrogen-bond donors (Lipinski definition) is 1. The number of carbonyl (C=O) groups is 2. The normalized spacial score (nSPS) is 30.7. The Labute approximate surface area is 90.9 Å². The highest BCUT2D eigenvalue weighted by Crippen LogP contribution is 2.49. The standard InChI is InChI=1S/C12H20O3/c1-7(13)9-8(14)6-11(2,3)10(9)12(4,5)15/h9-10,15H,6H2,1-5H3. The Morgan fingerprint density at radius 2 is 1.93 bits per heavy atom. The Balaban J connectivity index is 3.17. The first-order chi connectivity index (χ1) is 6.57. The fourth-order valence-corrected chi connectivity index (χ4v) is 3.13. The third kappa shape index (κ3) is 2.12. The van der Waals surface area contributed by atoms with Crippen LogP contribution in [0.3, 0.4) is 0 Å². The molecule has 1 rings (SSSR count). The van der Waals surface area contributed by atoms with Gasteiger partial charge in [-0.2, -0.15) is 0 Å². The largest absolute Gasteiger partial charge is 0.390 e. The Morgan fingerprint density at radius 1 is 1.47 bits per heavy atom. The molecule has 3 nitrogen and oxygen atoms in total. The van der Waals surface area contributed by atoms with Crippen LogP contribution in [0, 0.1) is 17.3 Å². The molecule has 2 atom stereocenters. The molecule has 0 heterocycles. The highest BCUT2D eigenvalue weighted by Gasteiger charge is 2.55. The molecule has 1 saturated carbocycles. The van der Waals surface area contributed by atoms with Crippen molar-refractivity contribution in [2.75, 3.05) is 0 Å². The van der Waals surface area contributed by atoms with Gasteiger partial charge >= 0.3 is 0 Å². The van der Waals surface area contributed by atoms with Crippen molar-refractivity contribution in [3.05, 3.63) is 0 Å². The molecule has 1 aliphatic carbocycles. The van der Waals surface area contributed by atoms with Crippen molar-refractivity contribution >= 4 is 11.6 Å². The van der Waals surface area contributed by atoms with E-state index in [1.165, 1.54) is 6.92 Å². The van der Waals surface area contributed by atoms with E-state index >= 15 is 0 Å². The summed E-state index contributed by atoms with van der Waals surface area (Å²) >= 11 is 0. The van der Waals surface area contributed by atoms with Crippen molar-refractivity contribution in [1.82, 2.24) is 0 Å². The van der Waals surface area contributed by atoms with Crippen LogP contribution in [-0.4, -0.2) is 22.3 Å². The zero-order valence-electron chi connectivity index (χ0n) is 10.1. The molecule has 0 aromatic rings. The molecule has 0 bridgehead atoms. The zero-order valence-corrected chi connectivity index (χ0v) is 10.1. The van der Waals surface area contributed by atoms with E-state index in [2.05, 4.69) is 0 Å². The minimum atomic E-state index is -0.994. The number of carbonyl (C=O) groups excluding carboxylic acids is 2. The van der Waals surface area contributed by atoms with Crippen molar-refractivity contribution in [3.8, 4) is 0 Å². The molecule has 15 heavy (non-hydrogen) atoms. The van der Waals surface area contributed by atoms with Gasteiger partial charge in [-0.25, -0.2) is 0 Å². The average Bonchev–Trinajstić information content (AvgIpc) is 2.17. The van der Waals surface area contributed by atoms with Crippen LogP contribution in [0.5, 0.6) is 0 Å². The van der Waals surface area contributed by atoms with Gasteiger partial charge in [0.15, 0.2) is 0 Å². The Morgan fingerprint density at radius 3 is 2.20 bits per heavy atom. The van der Waals surface area contributed by atoms with Crippen LogP contribution < -0.4 is 0 Å². The summed E-state index contributed by atoms with van der Waals surface area (Å²) < 4.78 is 0. The van der Waals surface area contributed by atoms with E-state index in [1.54, 1.807) is 13.8 Å². The first-order valence-corrected chi connectivity index (χ1v) is 5.33. The van der Waals surface area contributed by atoms with E-state index in [-0.39, 0.29) is 22.9 Å². The molecule has 0 spiro atoms. The molecule has 2 unspecified atom stereocenters. The highest BCUT2D eigenvalue weighted by molar-refractivity contribution is 6.03. The molecule has 0 saturated heterocycles. The van der Waals surface area contributed by atoms with Crippen LogP contribution in [0.1, 0.15) is 41.0 Å². The molecule has 1 aliphatic rings. The number of aliphatic hydroxyl groups is 1. The summed E-state index contributed by atoms with van der Waals surface area (Å²) in [5.41, 5.74) is -1.29. The summed E-state index contributed by atoms with van der Waals surface area (Å²) in [7, 11) is 0. The number of rotatable bonds is 2. The lowest BCUT2D eigenvalue weighted by Gasteiger charge is -2.38. The maximum atomic E-state index is 11.8. The fourth-order valence-electron chi connectivity index (χ4n) is 3.13. The molecule has 86 valence electrons. The Bertz CT molecular complexity index is 296. The third-order valence-electron chi connectivity index (χ3n) is 3.35. The Hall–Kier alpha value is -0.700. The van der Waals surface area contributed by atoms with E-state index in [0.29, 0.717) is 6.42 Å². The zero-order chi connectivity index (χ0) is 12.0. The van der Waals surface area contributed by atoms with Crippen LogP contribution in [0.4, 0.5) is 0 Å². The third-order valence-corrected chi connectivity index (χ3v) is 3.35. The number of Topliss-reactive ketones (excluding diaryl/α,β-unsaturated/α-hetero) is 2.